The molecular weight excluding hydrogens is 376 g/mol. The van der Waals surface area contributed by atoms with Crippen LogP contribution in [0.15, 0.2) is 51.8 Å². The molecule has 2 rings (SSSR count). The molecule has 1 unspecified atom stereocenters. The van der Waals surface area contributed by atoms with E-state index in [1.165, 1.54) is 7.11 Å². The smallest absolute Gasteiger partial charge is 0.337 e. The van der Waals surface area contributed by atoms with E-state index in [9.17, 15) is 9.00 Å². The van der Waals surface area contributed by atoms with Gasteiger partial charge in [-0.3, -0.25) is 4.21 Å². The molecule has 0 aromatic heterocycles. The van der Waals surface area contributed by atoms with E-state index in [1.807, 2.05) is 0 Å². The third-order valence-corrected chi connectivity index (χ3v) is 5.15. The minimum absolute atomic E-state index is 0.336. The molecule has 0 radical (unpaired) electrons. The predicted molar refractivity (Wildman–Crippen MR) is 87.0 cm³/mol. The summed E-state index contributed by atoms with van der Waals surface area (Å²) in [6.45, 7) is 0. The van der Waals surface area contributed by atoms with Crippen molar-refractivity contribution in [3.63, 3.8) is 0 Å². The number of methoxy groups -OCH3 is 1. The predicted octanol–water partition coefficient (Wildman–Crippen LogP) is 4.20. The molecule has 0 amide bonds. The Bertz CT molecular complexity index is 703. The van der Waals surface area contributed by atoms with E-state index in [0.717, 1.165) is 10.0 Å². The van der Waals surface area contributed by atoms with Crippen LogP contribution in [-0.4, -0.2) is 17.3 Å². The highest BCUT2D eigenvalue weighted by Gasteiger charge is 2.12. The highest BCUT2D eigenvalue weighted by molar-refractivity contribution is 9.10. The second-order valence-electron chi connectivity index (χ2n) is 4.25. The van der Waals surface area contributed by atoms with Crippen molar-refractivity contribution < 1.29 is 13.7 Å². The number of benzene rings is 2. The lowest BCUT2D eigenvalue weighted by Crippen LogP contribution is -2.03. The molecule has 0 saturated heterocycles. The molecule has 3 nitrogen and oxygen atoms in total. The first kappa shape index (κ1) is 16.2. The van der Waals surface area contributed by atoms with Crippen LogP contribution >= 0.6 is 27.5 Å². The molecule has 2 aromatic rings. The van der Waals surface area contributed by atoms with Gasteiger partial charge in [0.15, 0.2) is 0 Å². The average molecular weight is 388 g/mol. The van der Waals surface area contributed by atoms with E-state index in [4.69, 9.17) is 11.6 Å². The Labute approximate surface area is 138 Å². The highest BCUT2D eigenvalue weighted by Crippen LogP contribution is 2.23. The number of hydrogen-bond donors (Lipinski definition) is 0. The fraction of sp³-hybridized carbons (Fsp3) is 0.133. The molecule has 0 fully saturated rings. The lowest BCUT2D eigenvalue weighted by atomic mass is 10.1. The third-order valence-electron chi connectivity index (χ3n) is 2.82. The van der Waals surface area contributed by atoms with E-state index >= 15 is 0 Å². The Morgan fingerprint density at radius 3 is 2.67 bits per heavy atom. The maximum absolute atomic E-state index is 12.3. The Balaban J connectivity index is 2.20. The van der Waals surface area contributed by atoms with Crippen molar-refractivity contribution in [2.24, 2.45) is 0 Å². The van der Waals surface area contributed by atoms with Gasteiger partial charge in [-0.2, -0.15) is 0 Å². The molecule has 0 N–H and O–H groups in total. The minimum atomic E-state index is -1.20. The molecule has 0 aliphatic carbocycles. The molecule has 0 aliphatic heterocycles. The van der Waals surface area contributed by atoms with Crippen LogP contribution in [0.1, 0.15) is 15.9 Å². The fourth-order valence-corrected chi connectivity index (χ4v) is 3.89. The monoisotopic (exact) mass is 386 g/mol. The fourth-order valence-electron chi connectivity index (χ4n) is 1.74. The molecule has 1 atom stereocenters. The largest absolute Gasteiger partial charge is 0.465 e. The molecule has 0 spiro atoms. The van der Waals surface area contributed by atoms with E-state index < -0.39 is 16.8 Å². The van der Waals surface area contributed by atoms with Crippen molar-refractivity contribution in [2.75, 3.05) is 7.11 Å². The Morgan fingerprint density at radius 1 is 1.29 bits per heavy atom. The van der Waals surface area contributed by atoms with Gasteiger partial charge in [-0.1, -0.05) is 39.7 Å². The molecule has 2 aromatic carbocycles. The summed E-state index contributed by atoms with van der Waals surface area (Å²) in [5.74, 6) is -0.0687. The number of ether oxygens (including phenoxy) is 1. The van der Waals surface area contributed by atoms with Gasteiger partial charge in [0.25, 0.3) is 0 Å². The summed E-state index contributed by atoms with van der Waals surface area (Å²) in [6, 6.07) is 12.1. The highest BCUT2D eigenvalue weighted by atomic mass is 79.9. The van der Waals surface area contributed by atoms with Gasteiger partial charge in [-0.25, -0.2) is 4.79 Å². The standard InChI is InChI=1S/C15H12BrClO3S/c1-20-15(18)10-5-6-11(14(16)7-10)9-21(19)13-4-2-3-12(17)8-13/h2-8H,9H2,1H3. The molecule has 0 saturated carbocycles. The zero-order chi connectivity index (χ0) is 15.4. The van der Waals surface area contributed by atoms with Crippen molar-refractivity contribution in [1.29, 1.82) is 0 Å². The van der Waals surface area contributed by atoms with Crippen LogP contribution in [0.5, 0.6) is 0 Å². The van der Waals surface area contributed by atoms with Crippen molar-refractivity contribution >= 4 is 44.3 Å². The van der Waals surface area contributed by atoms with Gasteiger partial charge in [0.2, 0.25) is 0 Å². The summed E-state index contributed by atoms with van der Waals surface area (Å²) in [5.41, 5.74) is 1.29. The molecule has 0 aliphatic rings. The third kappa shape index (κ3) is 4.15. The van der Waals surface area contributed by atoms with Gasteiger partial charge in [0.1, 0.15) is 0 Å². The SMILES string of the molecule is COC(=O)c1ccc(CS(=O)c2cccc(Cl)c2)c(Br)c1. The minimum Gasteiger partial charge on any atom is -0.465 e. The Morgan fingerprint density at radius 2 is 2.05 bits per heavy atom. The van der Waals surface area contributed by atoms with Crippen LogP contribution in [-0.2, 0) is 21.3 Å². The van der Waals surface area contributed by atoms with Crippen LogP contribution in [0.2, 0.25) is 5.02 Å². The number of halogens is 2. The van der Waals surface area contributed by atoms with Crippen LogP contribution < -0.4 is 0 Å². The molecular formula is C15H12BrClO3S. The van der Waals surface area contributed by atoms with Gasteiger partial charge in [-0.15, -0.1) is 0 Å². The van der Waals surface area contributed by atoms with Crippen molar-refractivity contribution in [1.82, 2.24) is 0 Å². The van der Waals surface area contributed by atoms with Crippen LogP contribution in [0.4, 0.5) is 0 Å². The molecule has 21 heavy (non-hydrogen) atoms. The number of carbonyl (C=O) groups excluding carboxylic acids is 1. The van der Waals surface area contributed by atoms with Gasteiger partial charge in [0, 0.05) is 14.4 Å². The van der Waals surface area contributed by atoms with E-state index in [2.05, 4.69) is 20.7 Å². The van der Waals surface area contributed by atoms with Crippen molar-refractivity contribution in [2.45, 2.75) is 10.6 Å². The second kappa shape index (κ2) is 7.20. The first-order valence-electron chi connectivity index (χ1n) is 6.02. The number of carbonyl (C=O) groups is 1. The van der Waals surface area contributed by atoms with Crippen molar-refractivity contribution in [3.8, 4) is 0 Å². The number of hydrogen-bond acceptors (Lipinski definition) is 3. The summed E-state index contributed by atoms with van der Waals surface area (Å²) in [4.78, 5) is 12.1. The zero-order valence-corrected chi connectivity index (χ0v) is 14.3. The van der Waals surface area contributed by atoms with Crippen LogP contribution in [0.25, 0.3) is 0 Å². The molecule has 110 valence electrons. The van der Waals surface area contributed by atoms with Crippen LogP contribution in [0.3, 0.4) is 0 Å². The maximum Gasteiger partial charge on any atom is 0.337 e. The molecule has 0 bridgehead atoms. The van der Waals surface area contributed by atoms with E-state index in [1.54, 1.807) is 42.5 Å². The second-order valence-corrected chi connectivity index (χ2v) is 6.99. The van der Waals surface area contributed by atoms with Gasteiger partial charge in [-0.05, 0) is 35.9 Å². The summed E-state index contributed by atoms with van der Waals surface area (Å²) >= 11 is 9.29. The summed E-state index contributed by atoms with van der Waals surface area (Å²) < 4.78 is 17.7. The first-order valence-corrected chi connectivity index (χ1v) is 8.51. The molecule has 0 heterocycles. The Hall–Kier alpha value is -1.17. The molecule has 6 heteroatoms. The maximum atomic E-state index is 12.3. The average Bonchev–Trinajstić information content (AvgIpc) is 2.48. The van der Waals surface area contributed by atoms with Gasteiger partial charge >= 0.3 is 5.97 Å². The number of esters is 1. The van der Waals surface area contributed by atoms with Crippen molar-refractivity contribution in [3.05, 3.63) is 63.1 Å². The van der Waals surface area contributed by atoms with E-state index in [0.29, 0.717) is 21.2 Å². The van der Waals surface area contributed by atoms with Crippen LogP contribution in [0, 0.1) is 0 Å². The topological polar surface area (TPSA) is 43.4 Å². The Kier molecular flexibility index (Phi) is 5.56. The first-order chi connectivity index (χ1) is 10.0. The lowest BCUT2D eigenvalue weighted by Gasteiger charge is -2.07. The normalized spacial score (nSPS) is 12.0. The summed E-state index contributed by atoms with van der Waals surface area (Å²) in [6.07, 6.45) is 0. The van der Waals surface area contributed by atoms with Gasteiger partial charge < -0.3 is 4.74 Å². The van der Waals surface area contributed by atoms with Gasteiger partial charge in [0.05, 0.1) is 29.2 Å². The number of rotatable bonds is 4. The van der Waals surface area contributed by atoms with E-state index in [-0.39, 0.29) is 0 Å². The quantitative estimate of drug-likeness (QED) is 0.739. The summed E-state index contributed by atoms with van der Waals surface area (Å²) in [7, 11) is 0.127. The lowest BCUT2D eigenvalue weighted by molar-refractivity contribution is 0.0600. The summed E-state index contributed by atoms with van der Waals surface area (Å²) in [5, 5.41) is 0.556. The zero-order valence-electron chi connectivity index (χ0n) is 11.1.